The molecule has 5 aliphatic rings. The lowest BCUT2D eigenvalue weighted by Gasteiger charge is -2.55. The lowest BCUT2D eigenvalue weighted by Crippen LogP contribution is -2.51. The average Bonchev–Trinajstić information content (AvgIpc) is 2.92. The summed E-state index contributed by atoms with van der Waals surface area (Å²) in [4.78, 5) is 36.1. The van der Waals surface area contributed by atoms with Crippen molar-refractivity contribution in [2.75, 3.05) is 5.32 Å². The van der Waals surface area contributed by atoms with E-state index < -0.39 is 0 Å². The third-order valence-electron chi connectivity index (χ3n) is 7.28. The third-order valence-corrected chi connectivity index (χ3v) is 7.28. The summed E-state index contributed by atoms with van der Waals surface area (Å²) in [5.74, 6) is 1.82. The molecule has 0 radical (unpaired) electrons. The maximum absolute atomic E-state index is 13.1. The number of carbonyl (C=O) groups excluding carboxylic acids is 3. The van der Waals surface area contributed by atoms with Gasteiger partial charge in [-0.2, -0.15) is 0 Å². The second-order valence-corrected chi connectivity index (χ2v) is 9.37. The summed E-state index contributed by atoms with van der Waals surface area (Å²) < 4.78 is 0. The molecule has 0 aromatic heterocycles. The highest BCUT2D eigenvalue weighted by molar-refractivity contribution is 6.03. The minimum atomic E-state index is -0.273. The van der Waals surface area contributed by atoms with Crippen molar-refractivity contribution in [3.8, 4) is 0 Å². The summed E-state index contributed by atoms with van der Waals surface area (Å²) in [6.07, 6.45) is 8.01. The fraction of sp³-hybridized carbons (Fsp3) is 0.591. The maximum Gasteiger partial charge on any atom is 0.230 e. The second-order valence-electron chi connectivity index (χ2n) is 9.37. The maximum atomic E-state index is 13.1. The summed E-state index contributed by atoms with van der Waals surface area (Å²) in [5.41, 5.74) is 1.69. The second kappa shape index (κ2) is 6.18. The van der Waals surface area contributed by atoms with E-state index in [2.05, 4.69) is 10.6 Å². The van der Waals surface area contributed by atoms with Gasteiger partial charge in [-0.25, -0.2) is 0 Å². The van der Waals surface area contributed by atoms with Crippen LogP contribution in [0.5, 0.6) is 0 Å². The largest absolute Gasteiger partial charge is 0.326 e. The summed E-state index contributed by atoms with van der Waals surface area (Å²) in [6.45, 7) is 0. The van der Waals surface area contributed by atoms with E-state index >= 15 is 0 Å². The van der Waals surface area contributed by atoms with Crippen LogP contribution in [-0.4, -0.2) is 17.7 Å². The molecule has 1 saturated heterocycles. The van der Waals surface area contributed by atoms with Crippen LogP contribution in [0.2, 0.25) is 0 Å². The molecule has 27 heavy (non-hydrogen) atoms. The van der Waals surface area contributed by atoms with Crippen LogP contribution in [0.3, 0.4) is 0 Å². The first kappa shape index (κ1) is 17.0. The lowest BCUT2D eigenvalue weighted by atomic mass is 9.49. The van der Waals surface area contributed by atoms with Crippen molar-refractivity contribution in [2.45, 2.75) is 51.4 Å². The number of hydrogen-bond donors (Lipinski definition) is 2. The number of amides is 3. The van der Waals surface area contributed by atoms with Crippen molar-refractivity contribution in [3.63, 3.8) is 0 Å². The van der Waals surface area contributed by atoms with Gasteiger partial charge in [0.25, 0.3) is 0 Å². The Labute approximate surface area is 159 Å². The van der Waals surface area contributed by atoms with E-state index in [9.17, 15) is 14.4 Å². The van der Waals surface area contributed by atoms with Crippen molar-refractivity contribution < 1.29 is 14.4 Å². The summed E-state index contributed by atoms with van der Waals surface area (Å²) in [6, 6.07) is 7.74. The number of hydrogen-bond acceptors (Lipinski definition) is 3. The van der Waals surface area contributed by atoms with Gasteiger partial charge in [0.1, 0.15) is 0 Å². The van der Waals surface area contributed by atoms with E-state index in [-0.39, 0.29) is 35.5 Å². The predicted octanol–water partition coefficient (Wildman–Crippen LogP) is 3.05. The Bertz CT molecular complexity index is 763. The number of nitrogens with one attached hydrogen (secondary N) is 2. The molecule has 1 aromatic rings. The Kier molecular flexibility index (Phi) is 3.88. The normalized spacial score (nSPS) is 36.7. The van der Waals surface area contributed by atoms with Crippen LogP contribution < -0.4 is 10.6 Å². The summed E-state index contributed by atoms with van der Waals surface area (Å²) >= 11 is 0. The Morgan fingerprint density at radius 1 is 1.00 bits per heavy atom. The molecule has 4 saturated carbocycles. The number of benzene rings is 1. The van der Waals surface area contributed by atoms with Crippen LogP contribution >= 0.6 is 0 Å². The predicted molar refractivity (Wildman–Crippen MR) is 101 cm³/mol. The van der Waals surface area contributed by atoms with Crippen molar-refractivity contribution in [3.05, 3.63) is 29.8 Å². The Morgan fingerprint density at radius 2 is 1.59 bits per heavy atom. The first-order valence-electron chi connectivity index (χ1n) is 10.2. The Morgan fingerprint density at radius 3 is 2.11 bits per heavy atom. The van der Waals surface area contributed by atoms with E-state index in [1.54, 1.807) is 0 Å². The standard InChI is InChI=1S/C22H26N2O3/c25-19-9-17(20(26)24-19)8-13-1-3-18(4-2-13)23-21(27)22-10-14-5-15(11-22)7-16(6-14)12-22/h1-4,14-17H,5-12H2,(H,23,27)(H,24,25,26). The van der Waals surface area contributed by atoms with Crippen LogP contribution in [0.15, 0.2) is 24.3 Å². The van der Waals surface area contributed by atoms with Gasteiger partial charge in [-0.3, -0.25) is 19.7 Å². The fourth-order valence-electron chi connectivity index (χ4n) is 6.43. The first-order valence-corrected chi connectivity index (χ1v) is 10.2. The van der Waals surface area contributed by atoms with Crippen LogP contribution in [0.4, 0.5) is 5.69 Å². The van der Waals surface area contributed by atoms with Crippen molar-refractivity contribution in [1.82, 2.24) is 5.32 Å². The summed E-state index contributed by atoms with van der Waals surface area (Å²) in [7, 11) is 0. The third kappa shape index (κ3) is 3.07. The molecule has 5 nitrogen and oxygen atoms in total. The molecule has 142 valence electrons. The van der Waals surface area contributed by atoms with Gasteiger partial charge in [-0.05, 0) is 80.4 Å². The minimum absolute atomic E-state index is 0.143. The van der Waals surface area contributed by atoms with Crippen molar-refractivity contribution in [2.24, 2.45) is 29.1 Å². The smallest absolute Gasteiger partial charge is 0.230 e. The monoisotopic (exact) mass is 366 g/mol. The van der Waals surface area contributed by atoms with Gasteiger partial charge >= 0.3 is 0 Å². The van der Waals surface area contributed by atoms with E-state index in [0.717, 1.165) is 48.3 Å². The molecule has 4 bridgehead atoms. The highest BCUT2D eigenvalue weighted by Crippen LogP contribution is 2.60. The van der Waals surface area contributed by atoms with Gasteiger partial charge < -0.3 is 5.32 Å². The van der Waals surface area contributed by atoms with Crippen molar-refractivity contribution in [1.29, 1.82) is 0 Å². The van der Waals surface area contributed by atoms with Gasteiger partial charge in [0, 0.05) is 12.1 Å². The van der Waals surface area contributed by atoms with Crippen LogP contribution in [-0.2, 0) is 20.8 Å². The molecule has 5 fully saturated rings. The molecular formula is C22H26N2O3. The average molecular weight is 366 g/mol. The van der Waals surface area contributed by atoms with Crippen LogP contribution in [0, 0.1) is 29.1 Å². The molecular weight excluding hydrogens is 340 g/mol. The van der Waals surface area contributed by atoms with Crippen molar-refractivity contribution >= 4 is 23.4 Å². The van der Waals surface area contributed by atoms with Gasteiger partial charge in [-0.15, -0.1) is 0 Å². The molecule has 0 spiro atoms. The molecule has 3 amide bonds. The quantitative estimate of drug-likeness (QED) is 0.804. The van der Waals surface area contributed by atoms with Gasteiger partial charge in [0.05, 0.1) is 11.3 Å². The molecule has 1 heterocycles. The zero-order valence-corrected chi connectivity index (χ0v) is 15.5. The molecule has 1 aliphatic heterocycles. The van der Waals surface area contributed by atoms with Crippen LogP contribution in [0.25, 0.3) is 0 Å². The molecule has 1 atom stereocenters. The number of anilines is 1. The zero-order chi connectivity index (χ0) is 18.6. The van der Waals surface area contributed by atoms with Gasteiger partial charge in [0.2, 0.25) is 17.7 Å². The number of rotatable bonds is 4. The Balaban J connectivity index is 1.24. The minimum Gasteiger partial charge on any atom is -0.326 e. The van der Waals surface area contributed by atoms with E-state index in [4.69, 9.17) is 0 Å². The van der Waals surface area contributed by atoms with Gasteiger partial charge in [-0.1, -0.05) is 12.1 Å². The first-order chi connectivity index (χ1) is 13.0. The number of imide groups is 1. The fourth-order valence-corrected chi connectivity index (χ4v) is 6.43. The SMILES string of the molecule is O=C1CC(Cc2ccc(NC(=O)C34CC5CC(CC(C5)C3)C4)cc2)C(=O)N1. The molecule has 4 aliphatic carbocycles. The molecule has 1 unspecified atom stereocenters. The Hall–Kier alpha value is -2.17. The van der Waals surface area contributed by atoms with Gasteiger partial charge in [0.15, 0.2) is 0 Å². The molecule has 6 rings (SSSR count). The highest BCUT2D eigenvalue weighted by Gasteiger charge is 2.54. The van der Waals surface area contributed by atoms with E-state index in [0.29, 0.717) is 6.42 Å². The molecule has 5 heteroatoms. The lowest BCUT2D eigenvalue weighted by molar-refractivity contribution is -0.140. The van der Waals surface area contributed by atoms with Crippen LogP contribution in [0.1, 0.15) is 50.5 Å². The number of carbonyl (C=O) groups is 3. The summed E-state index contributed by atoms with van der Waals surface area (Å²) in [5, 5.41) is 5.52. The topological polar surface area (TPSA) is 75.3 Å². The molecule has 1 aromatic carbocycles. The van der Waals surface area contributed by atoms with E-state index in [1.165, 1.54) is 19.3 Å². The highest BCUT2D eigenvalue weighted by atomic mass is 16.2. The zero-order valence-electron chi connectivity index (χ0n) is 15.5. The van der Waals surface area contributed by atoms with E-state index in [1.807, 2.05) is 24.3 Å². The molecule has 2 N–H and O–H groups in total.